The van der Waals surface area contributed by atoms with Crippen LogP contribution in [0.4, 0.5) is 4.39 Å². The quantitative estimate of drug-likeness (QED) is 0.755. The minimum Gasteiger partial charge on any atom is -0.445 e. The molecule has 5 rings (SSSR count). The summed E-state index contributed by atoms with van der Waals surface area (Å²) in [7, 11) is 0. The van der Waals surface area contributed by atoms with Crippen molar-refractivity contribution in [3.63, 3.8) is 0 Å². The van der Waals surface area contributed by atoms with Crippen LogP contribution in [-0.2, 0) is 13.0 Å². The summed E-state index contributed by atoms with van der Waals surface area (Å²) in [5.41, 5.74) is 0.548. The highest BCUT2D eigenvalue weighted by Gasteiger charge is 2.30. The number of hydrogen-bond acceptors (Lipinski definition) is 4. The van der Waals surface area contributed by atoms with Gasteiger partial charge in [-0.3, -0.25) is 9.59 Å². The molecule has 2 aromatic heterocycles. The van der Waals surface area contributed by atoms with E-state index in [0.717, 1.165) is 30.2 Å². The zero-order chi connectivity index (χ0) is 18.5. The van der Waals surface area contributed by atoms with E-state index in [1.165, 1.54) is 30.7 Å². The summed E-state index contributed by atoms with van der Waals surface area (Å²) < 4.78 is 19.9. The van der Waals surface area contributed by atoms with E-state index in [4.69, 9.17) is 4.42 Å². The third kappa shape index (κ3) is 2.65. The fourth-order valence-electron chi connectivity index (χ4n) is 3.74. The smallest absolute Gasteiger partial charge is 0.270 e. The van der Waals surface area contributed by atoms with Crippen molar-refractivity contribution in [2.24, 2.45) is 0 Å². The molecule has 138 valence electrons. The van der Waals surface area contributed by atoms with Crippen molar-refractivity contribution in [1.82, 2.24) is 14.9 Å². The number of H-pyrrole nitrogens is 1. The third-order valence-corrected chi connectivity index (χ3v) is 5.53. The number of rotatable bonds is 2. The summed E-state index contributed by atoms with van der Waals surface area (Å²) in [6.45, 7) is 0.810. The van der Waals surface area contributed by atoms with E-state index in [9.17, 15) is 14.0 Å². The zero-order valence-corrected chi connectivity index (χ0v) is 14.6. The van der Waals surface area contributed by atoms with E-state index in [0.29, 0.717) is 25.4 Å². The van der Waals surface area contributed by atoms with Crippen molar-refractivity contribution in [3.05, 3.63) is 63.3 Å². The Bertz CT molecular complexity index is 1110. The minimum absolute atomic E-state index is 0.0553. The highest BCUT2D eigenvalue weighted by atomic mass is 19.1. The summed E-state index contributed by atoms with van der Waals surface area (Å²) in [4.78, 5) is 34.2. The number of aromatic amines is 1. The van der Waals surface area contributed by atoms with Crippen LogP contribution in [0.3, 0.4) is 0 Å². The number of carbonyl (C=O) groups excluding carboxylic acids is 1. The normalized spacial score (nSPS) is 17.0. The number of fused-ring (bicyclic) bond motifs is 2. The molecule has 27 heavy (non-hydrogen) atoms. The number of para-hydroxylation sites is 1. The van der Waals surface area contributed by atoms with Gasteiger partial charge >= 0.3 is 0 Å². The van der Waals surface area contributed by atoms with Crippen LogP contribution in [0, 0.1) is 5.82 Å². The molecule has 1 aromatic carbocycles. The van der Waals surface area contributed by atoms with Crippen LogP contribution in [0.25, 0.3) is 10.9 Å². The maximum Gasteiger partial charge on any atom is 0.270 e. The van der Waals surface area contributed by atoms with Crippen LogP contribution in [0.5, 0.6) is 0 Å². The van der Waals surface area contributed by atoms with Gasteiger partial charge in [0.05, 0.1) is 12.1 Å². The summed E-state index contributed by atoms with van der Waals surface area (Å²) in [5, 5.41) is 0.231. The second kappa shape index (κ2) is 6.04. The zero-order valence-electron chi connectivity index (χ0n) is 14.6. The number of nitrogens with one attached hydrogen (secondary N) is 1. The Morgan fingerprint density at radius 1 is 1.33 bits per heavy atom. The Morgan fingerprint density at radius 2 is 2.19 bits per heavy atom. The molecule has 1 fully saturated rings. The topological polar surface area (TPSA) is 79.2 Å². The second-order valence-corrected chi connectivity index (χ2v) is 7.24. The maximum atomic E-state index is 14.0. The Balaban J connectivity index is 1.44. The van der Waals surface area contributed by atoms with Crippen LogP contribution >= 0.6 is 0 Å². The molecule has 0 bridgehead atoms. The van der Waals surface area contributed by atoms with E-state index in [2.05, 4.69) is 9.97 Å². The Morgan fingerprint density at radius 3 is 2.96 bits per heavy atom. The summed E-state index contributed by atoms with van der Waals surface area (Å²) in [5.74, 6) is 1.14. The minimum atomic E-state index is -0.554. The van der Waals surface area contributed by atoms with Crippen molar-refractivity contribution in [1.29, 1.82) is 0 Å². The largest absolute Gasteiger partial charge is 0.445 e. The Labute approximate surface area is 154 Å². The molecule has 6 nitrogen and oxygen atoms in total. The molecular formula is C20H18FN3O3. The number of pyridine rings is 1. The van der Waals surface area contributed by atoms with Crippen molar-refractivity contribution in [2.75, 3.05) is 6.54 Å². The molecule has 0 saturated heterocycles. The SMILES string of the molecule is O=C(c1cc(=O)c2cccc(F)c2[nH]1)N1CCc2oc(C3CCC3)nc2C1. The first kappa shape index (κ1) is 16.2. The fraction of sp³-hybridized carbons (Fsp3) is 0.350. The molecule has 7 heteroatoms. The highest BCUT2D eigenvalue weighted by Crippen LogP contribution is 2.37. The standard InChI is InChI=1S/C20H18FN3O3/c21-13-6-2-5-12-16(25)9-14(22-18(12)13)20(26)24-8-7-17-15(10-24)23-19(27-17)11-3-1-4-11/h2,5-6,9,11H,1,3-4,7-8,10H2,(H,22,25). The molecule has 0 atom stereocenters. The highest BCUT2D eigenvalue weighted by molar-refractivity contribution is 5.95. The summed E-state index contributed by atoms with van der Waals surface area (Å²) >= 11 is 0. The molecule has 1 aliphatic heterocycles. The molecule has 0 radical (unpaired) electrons. The van der Waals surface area contributed by atoms with Crippen LogP contribution in [0.1, 0.15) is 53.0 Å². The van der Waals surface area contributed by atoms with Gasteiger partial charge in [-0.2, -0.15) is 0 Å². The van der Waals surface area contributed by atoms with Gasteiger partial charge in [0.2, 0.25) is 0 Å². The van der Waals surface area contributed by atoms with E-state index in [-0.39, 0.29) is 27.9 Å². The van der Waals surface area contributed by atoms with Gasteiger partial charge in [0.15, 0.2) is 11.3 Å². The predicted octanol–water partition coefficient (Wildman–Crippen LogP) is 3.12. The van der Waals surface area contributed by atoms with Crippen LogP contribution in [0.2, 0.25) is 0 Å². The fourth-order valence-corrected chi connectivity index (χ4v) is 3.74. The van der Waals surface area contributed by atoms with Gasteiger partial charge in [-0.25, -0.2) is 9.37 Å². The molecule has 3 aromatic rings. The number of benzene rings is 1. The number of hydrogen-bond donors (Lipinski definition) is 1. The molecule has 2 aliphatic rings. The predicted molar refractivity (Wildman–Crippen MR) is 96.1 cm³/mol. The molecule has 1 amide bonds. The van der Waals surface area contributed by atoms with E-state index >= 15 is 0 Å². The molecule has 1 N–H and O–H groups in total. The lowest BCUT2D eigenvalue weighted by molar-refractivity contribution is 0.0722. The molecule has 0 spiro atoms. The van der Waals surface area contributed by atoms with Crippen molar-refractivity contribution < 1.29 is 13.6 Å². The van der Waals surface area contributed by atoms with Gasteiger partial charge in [-0.15, -0.1) is 0 Å². The van der Waals surface area contributed by atoms with Gasteiger partial charge in [0.1, 0.15) is 23.0 Å². The molecule has 0 unspecified atom stereocenters. The van der Waals surface area contributed by atoms with E-state index in [1.807, 2.05) is 0 Å². The number of carbonyl (C=O) groups is 1. The monoisotopic (exact) mass is 367 g/mol. The lowest BCUT2D eigenvalue weighted by Gasteiger charge is -2.25. The average molecular weight is 367 g/mol. The Hall–Kier alpha value is -2.96. The van der Waals surface area contributed by atoms with Gasteiger partial charge in [-0.1, -0.05) is 12.5 Å². The number of oxazole rings is 1. The van der Waals surface area contributed by atoms with Crippen LogP contribution in [-0.4, -0.2) is 27.3 Å². The number of amides is 1. The first-order chi connectivity index (χ1) is 13.1. The van der Waals surface area contributed by atoms with Gasteiger partial charge in [0, 0.05) is 30.3 Å². The lowest BCUT2D eigenvalue weighted by Crippen LogP contribution is -2.36. The summed E-state index contributed by atoms with van der Waals surface area (Å²) in [6, 6.07) is 5.51. The van der Waals surface area contributed by atoms with Crippen molar-refractivity contribution in [2.45, 2.75) is 38.1 Å². The molecular weight excluding hydrogens is 349 g/mol. The molecule has 1 saturated carbocycles. The van der Waals surface area contributed by atoms with Crippen LogP contribution < -0.4 is 5.43 Å². The second-order valence-electron chi connectivity index (χ2n) is 7.24. The van der Waals surface area contributed by atoms with Crippen LogP contribution in [0.15, 0.2) is 33.5 Å². The first-order valence-electron chi connectivity index (χ1n) is 9.19. The maximum absolute atomic E-state index is 14.0. The first-order valence-corrected chi connectivity index (χ1v) is 9.19. The Kier molecular flexibility index (Phi) is 3.63. The van der Waals surface area contributed by atoms with Crippen molar-refractivity contribution >= 4 is 16.8 Å². The van der Waals surface area contributed by atoms with Crippen molar-refractivity contribution in [3.8, 4) is 0 Å². The van der Waals surface area contributed by atoms with Gasteiger partial charge in [-0.05, 0) is 25.0 Å². The molecule has 3 heterocycles. The van der Waals surface area contributed by atoms with E-state index < -0.39 is 5.82 Å². The number of halogens is 1. The average Bonchev–Trinajstić information content (AvgIpc) is 3.02. The number of nitrogens with zero attached hydrogens (tertiary/aromatic N) is 2. The number of aromatic nitrogens is 2. The third-order valence-electron chi connectivity index (χ3n) is 5.53. The molecule has 1 aliphatic carbocycles. The van der Waals surface area contributed by atoms with Gasteiger partial charge in [0.25, 0.3) is 5.91 Å². The van der Waals surface area contributed by atoms with E-state index in [1.54, 1.807) is 4.90 Å². The summed E-state index contributed by atoms with van der Waals surface area (Å²) in [6.07, 6.45) is 4.00. The lowest BCUT2D eigenvalue weighted by atomic mass is 9.85. The van der Waals surface area contributed by atoms with Gasteiger partial charge < -0.3 is 14.3 Å².